The van der Waals surface area contributed by atoms with Crippen molar-refractivity contribution in [3.63, 3.8) is 0 Å². The van der Waals surface area contributed by atoms with Gasteiger partial charge in [-0.05, 0) is 18.6 Å². The van der Waals surface area contributed by atoms with Gasteiger partial charge in [0.2, 0.25) is 0 Å². The summed E-state index contributed by atoms with van der Waals surface area (Å²) in [4.78, 5) is 11.6. The van der Waals surface area contributed by atoms with E-state index in [1.54, 1.807) is 0 Å². The van der Waals surface area contributed by atoms with Gasteiger partial charge in [0.15, 0.2) is 0 Å². The molecule has 0 unspecified atom stereocenters. The van der Waals surface area contributed by atoms with E-state index >= 15 is 0 Å². The van der Waals surface area contributed by atoms with E-state index in [1.165, 1.54) is 13.0 Å². The van der Waals surface area contributed by atoms with Crippen molar-refractivity contribution < 1.29 is 24.9 Å². The highest BCUT2D eigenvalue weighted by Crippen LogP contribution is 2.36. The number of phenols is 2. The lowest BCUT2D eigenvalue weighted by Gasteiger charge is -2.24. The summed E-state index contributed by atoms with van der Waals surface area (Å²) in [6, 6.07) is 1.42. The number of aliphatic hydroxyl groups excluding tert-OH is 1. The molecule has 0 bridgehead atoms. The number of ether oxygens (including phenoxy) is 1. The van der Waals surface area contributed by atoms with Gasteiger partial charge in [0.05, 0.1) is 6.61 Å². The molecule has 5 heteroatoms. The average molecular weight is 224 g/mol. The molecule has 0 saturated carbocycles. The van der Waals surface area contributed by atoms with Crippen LogP contribution in [0.4, 0.5) is 0 Å². The van der Waals surface area contributed by atoms with E-state index in [-0.39, 0.29) is 29.2 Å². The number of rotatable bonds is 1. The van der Waals surface area contributed by atoms with Gasteiger partial charge in [0.25, 0.3) is 0 Å². The average Bonchev–Trinajstić information content (AvgIpc) is 2.25. The lowest BCUT2D eigenvalue weighted by Crippen LogP contribution is -2.30. The Kier molecular flexibility index (Phi) is 2.47. The number of aliphatic hydroxyl groups is 1. The molecule has 0 aromatic heterocycles. The predicted molar refractivity (Wildman–Crippen MR) is 54.5 cm³/mol. The summed E-state index contributed by atoms with van der Waals surface area (Å²) in [5.41, 5.74) is 0.828. The van der Waals surface area contributed by atoms with Gasteiger partial charge in [-0.2, -0.15) is 0 Å². The Morgan fingerprint density at radius 1 is 1.50 bits per heavy atom. The number of fused-ring (bicyclic) bond motifs is 1. The largest absolute Gasteiger partial charge is 0.508 e. The smallest absolute Gasteiger partial charge is 0.342 e. The number of hydrogen-bond donors (Lipinski definition) is 3. The SMILES string of the molecule is Cc1c(O)cc2c(c1O)C(=O)O[C@@H](CO)C2. The van der Waals surface area contributed by atoms with Crippen molar-refractivity contribution in [1.29, 1.82) is 0 Å². The Bertz CT molecular complexity index is 452. The molecule has 1 aliphatic rings. The number of benzene rings is 1. The second-order valence-corrected chi connectivity index (χ2v) is 3.82. The molecule has 0 aliphatic carbocycles. The van der Waals surface area contributed by atoms with Gasteiger partial charge in [0.1, 0.15) is 23.2 Å². The third-order valence-electron chi connectivity index (χ3n) is 2.74. The number of hydrogen-bond acceptors (Lipinski definition) is 5. The fourth-order valence-electron chi connectivity index (χ4n) is 1.79. The minimum atomic E-state index is -0.666. The molecular weight excluding hydrogens is 212 g/mol. The highest BCUT2D eigenvalue weighted by molar-refractivity contribution is 5.96. The molecule has 0 amide bonds. The van der Waals surface area contributed by atoms with Crippen LogP contribution in [0.5, 0.6) is 11.5 Å². The van der Waals surface area contributed by atoms with Crippen LogP contribution < -0.4 is 0 Å². The predicted octanol–water partition coefficient (Wildman–Crippen LogP) is 0.480. The molecular formula is C11H12O5. The third kappa shape index (κ3) is 1.49. The zero-order valence-electron chi connectivity index (χ0n) is 8.73. The van der Waals surface area contributed by atoms with E-state index in [0.29, 0.717) is 12.0 Å². The minimum Gasteiger partial charge on any atom is -0.508 e. The van der Waals surface area contributed by atoms with Crippen LogP contribution in [-0.4, -0.2) is 34.0 Å². The monoisotopic (exact) mass is 224 g/mol. The van der Waals surface area contributed by atoms with Gasteiger partial charge in [-0.1, -0.05) is 0 Å². The molecule has 1 aromatic rings. The van der Waals surface area contributed by atoms with Crippen LogP contribution >= 0.6 is 0 Å². The van der Waals surface area contributed by atoms with Gasteiger partial charge in [-0.25, -0.2) is 4.79 Å². The summed E-state index contributed by atoms with van der Waals surface area (Å²) in [7, 11) is 0. The number of esters is 1. The molecule has 3 N–H and O–H groups in total. The topological polar surface area (TPSA) is 87.0 Å². The van der Waals surface area contributed by atoms with Crippen LogP contribution in [0, 0.1) is 6.92 Å². The van der Waals surface area contributed by atoms with Crippen LogP contribution in [0.3, 0.4) is 0 Å². The lowest BCUT2D eigenvalue weighted by molar-refractivity contribution is 0.00895. The van der Waals surface area contributed by atoms with Crippen molar-refractivity contribution in [3.05, 3.63) is 22.8 Å². The number of carbonyl (C=O) groups is 1. The normalized spacial score (nSPS) is 19.1. The van der Waals surface area contributed by atoms with E-state index in [2.05, 4.69) is 0 Å². The molecule has 1 aliphatic heterocycles. The number of cyclic esters (lactones) is 1. The summed E-state index contributed by atoms with van der Waals surface area (Å²) in [6.07, 6.45) is -0.319. The molecule has 1 aromatic carbocycles. The van der Waals surface area contributed by atoms with Crippen LogP contribution in [0.1, 0.15) is 21.5 Å². The van der Waals surface area contributed by atoms with E-state index in [0.717, 1.165) is 0 Å². The van der Waals surface area contributed by atoms with Crippen LogP contribution in [0.15, 0.2) is 6.07 Å². The van der Waals surface area contributed by atoms with E-state index < -0.39 is 12.1 Å². The third-order valence-corrected chi connectivity index (χ3v) is 2.74. The van der Waals surface area contributed by atoms with Crippen molar-refractivity contribution in [2.24, 2.45) is 0 Å². The first-order valence-corrected chi connectivity index (χ1v) is 4.90. The highest BCUT2D eigenvalue weighted by atomic mass is 16.6. The summed E-state index contributed by atoms with van der Waals surface area (Å²) in [5, 5.41) is 28.2. The summed E-state index contributed by atoms with van der Waals surface area (Å²) in [6.45, 7) is 1.23. The summed E-state index contributed by atoms with van der Waals surface area (Å²) >= 11 is 0. The van der Waals surface area contributed by atoms with Crippen molar-refractivity contribution in [1.82, 2.24) is 0 Å². The minimum absolute atomic E-state index is 0.0670. The van der Waals surface area contributed by atoms with Crippen LogP contribution in [0.2, 0.25) is 0 Å². The second kappa shape index (κ2) is 3.68. The van der Waals surface area contributed by atoms with Gasteiger partial charge in [-0.15, -0.1) is 0 Å². The Balaban J connectivity index is 2.57. The number of carbonyl (C=O) groups excluding carboxylic acids is 1. The van der Waals surface area contributed by atoms with Crippen molar-refractivity contribution >= 4 is 5.97 Å². The molecule has 2 rings (SSSR count). The molecule has 0 fully saturated rings. The van der Waals surface area contributed by atoms with E-state index in [1.807, 2.05) is 0 Å². The molecule has 86 valence electrons. The number of phenolic OH excluding ortho intramolecular Hbond substituents is 2. The number of aromatic hydroxyl groups is 2. The first-order valence-electron chi connectivity index (χ1n) is 4.90. The fraction of sp³-hybridized carbons (Fsp3) is 0.364. The van der Waals surface area contributed by atoms with Gasteiger partial charge in [0, 0.05) is 12.0 Å². The summed E-state index contributed by atoms with van der Waals surface area (Å²) in [5.74, 6) is -0.986. The molecule has 5 nitrogen and oxygen atoms in total. The van der Waals surface area contributed by atoms with Gasteiger partial charge >= 0.3 is 5.97 Å². The fourth-order valence-corrected chi connectivity index (χ4v) is 1.79. The first kappa shape index (κ1) is 10.8. The van der Waals surface area contributed by atoms with E-state index in [4.69, 9.17) is 9.84 Å². The second-order valence-electron chi connectivity index (χ2n) is 3.82. The van der Waals surface area contributed by atoms with Crippen LogP contribution in [-0.2, 0) is 11.2 Å². The van der Waals surface area contributed by atoms with Gasteiger partial charge < -0.3 is 20.1 Å². The zero-order valence-corrected chi connectivity index (χ0v) is 8.73. The first-order chi connectivity index (χ1) is 7.54. The van der Waals surface area contributed by atoms with Crippen molar-refractivity contribution in [2.75, 3.05) is 6.61 Å². The molecule has 0 spiro atoms. The molecule has 1 atom stereocenters. The van der Waals surface area contributed by atoms with Crippen molar-refractivity contribution in [2.45, 2.75) is 19.4 Å². The Labute approximate surface area is 91.9 Å². The maximum atomic E-state index is 11.6. The maximum absolute atomic E-state index is 11.6. The molecule has 0 saturated heterocycles. The Hall–Kier alpha value is -1.75. The highest BCUT2D eigenvalue weighted by Gasteiger charge is 2.30. The maximum Gasteiger partial charge on any atom is 0.342 e. The zero-order chi connectivity index (χ0) is 11.9. The molecule has 16 heavy (non-hydrogen) atoms. The Morgan fingerprint density at radius 2 is 2.19 bits per heavy atom. The Morgan fingerprint density at radius 3 is 2.81 bits per heavy atom. The van der Waals surface area contributed by atoms with Crippen LogP contribution in [0.25, 0.3) is 0 Å². The van der Waals surface area contributed by atoms with Crippen molar-refractivity contribution in [3.8, 4) is 11.5 Å². The molecule has 0 radical (unpaired) electrons. The quantitative estimate of drug-likeness (QED) is 0.604. The van der Waals surface area contributed by atoms with E-state index in [9.17, 15) is 15.0 Å². The lowest BCUT2D eigenvalue weighted by atomic mass is 9.95. The standard InChI is InChI=1S/C11H12O5/c1-5-8(13)3-6-2-7(4-12)16-11(15)9(6)10(5)14/h3,7,12-14H,2,4H2,1H3/t7-/m1/s1. The summed E-state index contributed by atoms with van der Waals surface area (Å²) < 4.78 is 4.91. The van der Waals surface area contributed by atoms with Gasteiger partial charge in [-0.3, -0.25) is 0 Å². The molecule has 1 heterocycles.